The fourth-order valence-corrected chi connectivity index (χ4v) is 7.09. The number of unbranched alkanes of at least 4 members (excludes halogenated alkanes) is 20. The second kappa shape index (κ2) is 56.1. The Balaban J connectivity index is 4.55. The molecular weight excluding hydrogens is 853 g/mol. The summed E-state index contributed by atoms with van der Waals surface area (Å²) >= 11 is 0. The number of hydrogen-bond acceptors (Lipinski definition) is 6. The van der Waals surface area contributed by atoms with Gasteiger partial charge in [0.25, 0.3) is 0 Å². The van der Waals surface area contributed by atoms with Crippen LogP contribution in [0.5, 0.6) is 0 Å². The Bertz CT molecular complexity index is 1510. The quantitative estimate of drug-likeness (QED) is 0.0199. The summed E-state index contributed by atoms with van der Waals surface area (Å²) in [7, 11) is 0. The Morgan fingerprint density at radius 2 is 0.638 bits per heavy atom. The standard InChI is InChI=1S/C63H100O6/c1-4-7-10-13-16-19-22-25-28-30-31-33-35-38-41-44-47-50-53-56-62(65)68-59-60(58-67-61(64)55-52-49-46-43-40-37-34-27-24-21-18-15-12-9-6-3)69-63(66)57-54-51-48-45-42-39-36-32-29-26-23-20-17-14-11-8-5-2/h9,12,15-22,24-27,29,34,36-37,39-40,45,48,60H,4-8,10-11,13-14,23,28,30-33,35,38,41-44,46-47,49-59H2,1-3H3/b12-9-,18-15-,19-16-,20-17-,24-21-,25-22-,29-26-,34-27-,39-36-,40-37-,48-45-. The van der Waals surface area contributed by atoms with Gasteiger partial charge in [-0.15, -0.1) is 0 Å². The molecule has 6 heteroatoms. The molecule has 6 nitrogen and oxygen atoms in total. The van der Waals surface area contributed by atoms with Gasteiger partial charge < -0.3 is 14.2 Å². The van der Waals surface area contributed by atoms with Crippen LogP contribution in [0.4, 0.5) is 0 Å². The van der Waals surface area contributed by atoms with E-state index in [1.165, 1.54) is 103 Å². The largest absolute Gasteiger partial charge is 0.462 e. The highest BCUT2D eigenvalue weighted by molar-refractivity contribution is 5.71. The zero-order chi connectivity index (χ0) is 50.0. The summed E-state index contributed by atoms with van der Waals surface area (Å²) in [5.41, 5.74) is 0. The zero-order valence-corrected chi connectivity index (χ0v) is 44.3. The van der Waals surface area contributed by atoms with Crippen LogP contribution >= 0.6 is 0 Å². The molecule has 0 aromatic carbocycles. The second-order valence-corrected chi connectivity index (χ2v) is 17.9. The molecule has 388 valence electrons. The molecule has 0 saturated heterocycles. The number of esters is 3. The molecule has 0 N–H and O–H groups in total. The molecule has 0 aliphatic carbocycles. The lowest BCUT2D eigenvalue weighted by Gasteiger charge is -2.18. The van der Waals surface area contributed by atoms with Crippen LogP contribution in [0.25, 0.3) is 0 Å². The average molecular weight is 953 g/mol. The van der Waals surface area contributed by atoms with Gasteiger partial charge in [-0.2, -0.15) is 0 Å². The van der Waals surface area contributed by atoms with Crippen LogP contribution in [0.1, 0.15) is 226 Å². The highest BCUT2D eigenvalue weighted by Crippen LogP contribution is 2.14. The summed E-state index contributed by atoms with van der Waals surface area (Å²) in [4.78, 5) is 38.1. The van der Waals surface area contributed by atoms with E-state index in [0.29, 0.717) is 19.3 Å². The van der Waals surface area contributed by atoms with E-state index < -0.39 is 6.10 Å². The summed E-state index contributed by atoms with van der Waals surface area (Å²) < 4.78 is 16.8. The summed E-state index contributed by atoms with van der Waals surface area (Å²) in [6.45, 7) is 6.34. The van der Waals surface area contributed by atoms with E-state index in [2.05, 4.69) is 106 Å². The van der Waals surface area contributed by atoms with Gasteiger partial charge in [0.05, 0.1) is 0 Å². The predicted octanol–water partition coefficient (Wildman–Crippen LogP) is 18.6. The maximum Gasteiger partial charge on any atom is 0.306 e. The van der Waals surface area contributed by atoms with E-state index in [-0.39, 0.29) is 37.5 Å². The van der Waals surface area contributed by atoms with Gasteiger partial charge in [-0.3, -0.25) is 14.4 Å². The fraction of sp³-hybridized carbons (Fsp3) is 0.603. The third-order valence-corrected chi connectivity index (χ3v) is 11.3. The smallest absolute Gasteiger partial charge is 0.306 e. The lowest BCUT2D eigenvalue weighted by molar-refractivity contribution is -0.167. The van der Waals surface area contributed by atoms with Crippen molar-refractivity contribution >= 4 is 17.9 Å². The van der Waals surface area contributed by atoms with Crippen molar-refractivity contribution in [2.75, 3.05) is 13.2 Å². The van der Waals surface area contributed by atoms with Crippen LogP contribution in [0.3, 0.4) is 0 Å². The third kappa shape index (κ3) is 54.4. The molecule has 0 aliphatic heterocycles. The molecule has 0 aromatic rings. The molecule has 0 aliphatic rings. The first kappa shape index (κ1) is 64.5. The average Bonchev–Trinajstić information content (AvgIpc) is 3.35. The van der Waals surface area contributed by atoms with Crippen molar-refractivity contribution in [2.45, 2.75) is 232 Å². The van der Waals surface area contributed by atoms with Gasteiger partial charge >= 0.3 is 17.9 Å². The molecule has 0 bridgehead atoms. The van der Waals surface area contributed by atoms with Crippen LogP contribution in [0.2, 0.25) is 0 Å². The zero-order valence-electron chi connectivity index (χ0n) is 44.3. The first-order chi connectivity index (χ1) is 34.0. The van der Waals surface area contributed by atoms with Crippen molar-refractivity contribution in [2.24, 2.45) is 0 Å². The second-order valence-electron chi connectivity index (χ2n) is 17.9. The molecule has 0 radical (unpaired) electrons. The van der Waals surface area contributed by atoms with Crippen LogP contribution < -0.4 is 0 Å². The van der Waals surface area contributed by atoms with Gasteiger partial charge in [-0.05, 0) is 103 Å². The van der Waals surface area contributed by atoms with E-state index in [0.717, 1.165) is 77.0 Å². The van der Waals surface area contributed by atoms with Crippen molar-refractivity contribution < 1.29 is 28.6 Å². The minimum atomic E-state index is -0.831. The van der Waals surface area contributed by atoms with Crippen LogP contribution in [-0.2, 0) is 28.6 Å². The SMILES string of the molecule is CC\C=C/C=C\C=C/C=C\C=C/CCCCCC(=O)OCC(COC(=O)CCCCCCCCCCCC/C=C\C=C/CCCCC)OC(=O)CCC/C=C\C/C=C\C/C=C\C/C=C\CCCCC. The number of carbonyl (C=O) groups is 3. The van der Waals surface area contributed by atoms with Crippen LogP contribution in [0, 0.1) is 0 Å². The minimum absolute atomic E-state index is 0.120. The Labute approximate surface area is 424 Å². The molecule has 0 spiro atoms. The van der Waals surface area contributed by atoms with E-state index in [1.807, 2.05) is 48.6 Å². The number of allylic oxidation sites excluding steroid dienone is 22. The van der Waals surface area contributed by atoms with Gasteiger partial charge in [0.2, 0.25) is 0 Å². The summed E-state index contributed by atoms with van der Waals surface area (Å²) in [6.07, 6.45) is 78.7. The van der Waals surface area contributed by atoms with Gasteiger partial charge in [0.15, 0.2) is 6.10 Å². The third-order valence-electron chi connectivity index (χ3n) is 11.3. The first-order valence-electron chi connectivity index (χ1n) is 27.8. The number of hydrogen-bond donors (Lipinski definition) is 0. The first-order valence-corrected chi connectivity index (χ1v) is 27.8. The topological polar surface area (TPSA) is 78.9 Å². The van der Waals surface area contributed by atoms with Crippen molar-refractivity contribution in [1.29, 1.82) is 0 Å². The highest BCUT2D eigenvalue weighted by atomic mass is 16.6. The van der Waals surface area contributed by atoms with E-state index in [9.17, 15) is 14.4 Å². The molecule has 0 fully saturated rings. The normalized spacial score (nSPS) is 13.1. The van der Waals surface area contributed by atoms with E-state index >= 15 is 0 Å². The predicted molar refractivity (Wildman–Crippen MR) is 297 cm³/mol. The van der Waals surface area contributed by atoms with Crippen molar-refractivity contribution in [3.05, 3.63) is 134 Å². The highest BCUT2D eigenvalue weighted by Gasteiger charge is 2.19. The van der Waals surface area contributed by atoms with Gasteiger partial charge in [0.1, 0.15) is 13.2 Å². The molecular formula is C63H100O6. The molecule has 1 atom stereocenters. The monoisotopic (exact) mass is 953 g/mol. The Morgan fingerprint density at radius 1 is 0.319 bits per heavy atom. The fourth-order valence-electron chi connectivity index (χ4n) is 7.09. The van der Waals surface area contributed by atoms with Crippen molar-refractivity contribution in [1.82, 2.24) is 0 Å². The number of carbonyl (C=O) groups excluding carboxylic acids is 3. The summed E-state index contributed by atoms with van der Waals surface area (Å²) in [5.74, 6) is -1.03. The maximum absolute atomic E-state index is 12.8. The van der Waals surface area contributed by atoms with Gasteiger partial charge in [-0.25, -0.2) is 0 Å². The number of rotatable bonds is 48. The Morgan fingerprint density at radius 3 is 1.09 bits per heavy atom. The molecule has 0 rings (SSSR count). The minimum Gasteiger partial charge on any atom is -0.462 e. The van der Waals surface area contributed by atoms with Gasteiger partial charge in [-0.1, -0.05) is 238 Å². The van der Waals surface area contributed by atoms with E-state index in [4.69, 9.17) is 14.2 Å². The molecule has 69 heavy (non-hydrogen) atoms. The van der Waals surface area contributed by atoms with E-state index in [1.54, 1.807) is 0 Å². The Kier molecular flexibility index (Phi) is 52.5. The van der Waals surface area contributed by atoms with Crippen LogP contribution in [-0.4, -0.2) is 37.2 Å². The molecule has 0 amide bonds. The van der Waals surface area contributed by atoms with Gasteiger partial charge in [0, 0.05) is 19.3 Å². The lowest BCUT2D eigenvalue weighted by Crippen LogP contribution is -2.30. The maximum atomic E-state index is 12.8. The molecule has 0 saturated carbocycles. The van der Waals surface area contributed by atoms with Crippen molar-refractivity contribution in [3.8, 4) is 0 Å². The summed E-state index contributed by atoms with van der Waals surface area (Å²) in [5, 5.41) is 0. The lowest BCUT2D eigenvalue weighted by atomic mass is 10.1. The number of ether oxygens (including phenoxy) is 3. The molecule has 0 aromatic heterocycles. The molecule has 0 heterocycles. The molecule has 1 unspecified atom stereocenters. The van der Waals surface area contributed by atoms with Crippen molar-refractivity contribution in [3.63, 3.8) is 0 Å². The Hall–Kier alpha value is -4.45. The van der Waals surface area contributed by atoms with Crippen LogP contribution in [0.15, 0.2) is 134 Å². The summed E-state index contributed by atoms with van der Waals surface area (Å²) in [6, 6.07) is 0.